The summed E-state index contributed by atoms with van der Waals surface area (Å²) >= 11 is 0. The average Bonchev–Trinajstić information content (AvgIpc) is 2.47. The van der Waals surface area contributed by atoms with Gasteiger partial charge in [-0.25, -0.2) is 4.79 Å². The molecule has 8 nitrogen and oxygen atoms in total. The molecular weight excluding hydrogens is 266 g/mol. The topological polar surface area (TPSA) is 129 Å². The van der Waals surface area contributed by atoms with Gasteiger partial charge in [0.1, 0.15) is 18.2 Å². The van der Waals surface area contributed by atoms with E-state index in [0.29, 0.717) is 6.21 Å². The highest BCUT2D eigenvalue weighted by atomic mass is 16.5. The number of hydrogen-bond donors (Lipinski definition) is 2. The Bertz CT molecular complexity index is 416. The number of ether oxygens (including phenoxy) is 2. The Morgan fingerprint density at radius 2 is 2.10 bits per heavy atom. The molecular formula is C12H17N3O5. The van der Waals surface area contributed by atoms with Gasteiger partial charge in [-0.3, -0.25) is 9.59 Å². The summed E-state index contributed by atoms with van der Waals surface area (Å²) in [6.45, 7) is 1.05. The molecule has 8 heteroatoms. The van der Waals surface area contributed by atoms with Gasteiger partial charge in [-0.1, -0.05) is 0 Å². The van der Waals surface area contributed by atoms with Crippen molar-refractivity contribution < 1.29 is 23.9 Å². The SMILES string of the molecule is CO[C@@H](C)C(=O)N[C@@H](CCC(=O)C=N)C(=O)OCC#N. The fourth-order valence-corrected chi connectivity index (χ4v) is 1.21. The van der Waals surface area contributed by atoms with Crippen molar-refractivity contribution in [3.05, 3.63) is 0 Å². The lowest BCUT2D eigenvalue weighted by Crippen LogP contribution is -2.46. The van der Waals surface area contributed by atoms with Crippen LogP contribution in [0.1, 0.15) is 19.8 Å². The zero-order valence-electron chi connectivity index (χ0n) is 11.3. The molecule has 0 aliphatic carbocycles. The van der Waals surface area contributed by atoms with Crippen LogP contribution >= 0.6 is 0 Å². The van der Waals surface area contributed by atoms with Crippen molar-refractivity contribution in [2.24, 2.45) is 0 Å². The van der Waals surface area contributed by atoms with Crippen LogP contribution in [0.5, 0.6) is 0 Å². The summed E-state index contributed by atoms with van der Waals surface area (Å²) in [5, 5.41) is 17.5. The maximum atomic E-state index is 11.7. The van der Waals surface area contributed by atoms with Crippen molar-refractivity contribution in [3.8, 4) is 6.07 Å². The summed E-state index contributed by atoms with van der Waals surface area (Å²) in [5.74, 6) is -1.81. The molecule has 0 aliphatic heterocycles. The van der Waals surface area contributed by atoms with Crippen LogP contribution in [0.3, 0.4) is 0 Å². The molecule has 0 aromatic heterocycles. The molecule has 1 amide bonds. The number of amides is 1. The summed E-state index contributed by atoms with van der Waals surface area (Å²) < 4.78 is 9.41. The summed E-state index contributed by atoms with van der Waals surface area (Å²) in [7, 11) is 1.34. The van der Waals surface area contributed by atoms with Crippen molar-refractivity contribution in [2.45, 2.75) is 31.9 Å². The lowest BCUT2D eigenvalue weighted by Gasteiger charge is -2.18. The van der Waals surface area contributed by atoms with Crippen LogP contribution in [-0.4, -0.2) is 49.7 Å². The van der Waals surface area contributed by atoms with Crippen LogP contribution < -0.4 is 5.32 Å². The molecule has 0 heterocycles. The third-order valence-corrected chi connectivity index (χ3v) is 2.44. The number of nitrogens with zero attached hydrogens (tertiary/aromatic N) is 1. The zero-order chi connectivity index (χ0) is 15.5. The van der Waals surface area contributed by atoms with Gasteiger partial charge in [-0.05, 0) is 13.3 Å². The number of methoxy groups -OCH3 is 1. The normalized spacial score (nSPS) is 12.7. The molecule has 0 saturated heterocycles. The molecule has 0 aromatic carbocycles. The molecule has 0 radical (unpaired) electrons. The van der Waals surface area contributed by atoms with E-state index >= 15 is 0 Å². The molecule has 20 heavy (non-hydrogen) atoms. The van der Waals surface area contributed by atoms with Crippen molar-refractivity contribution in [1.82, 2.24) is 5.32 Å². The minimum absolute atomic E-state index is 0.0132. The van der Waals surface area contributed by atoms with Gasteiger partial charge in [-0.2, -0.15) is 5.26 Å². The van der Waals surface area contributed by atoms with Crippen LogP contribution in [0.4, 0.5) is 0 Å². The molecule has 2 atom stereocenters. The number of nitriles is 1. The van der Waals surface area contributed by atoms with Gasteiger partial charge in [0, 0.05) is 13.5 Å². The first kappa shape index (κ1) is 17.7. The zero-order valence-corrected chi connectivity index (χ0v) is 11.3. The molecule has 2 N–H and O–H groups in total. The summed E-state index contributed by atoms with van der Waals surface area (Å²) in [6.07, 6.45) is -0.227. The predicted molar refractivity (Wildman–Crippen MR) is 68.0 cm³/mol. The molecule has 0 saturated carbocycles. The molecule has 0 bridgehead atoms. The van der Waals surface area contributed by atoms with Gasteiger partial charge < -0.3 is 20.2 Å². The highest BCUT2D eigenvalue weighted by Gasteiger charge is 2.25. The van der Waals surface area contributed by atoms with Gasteiger partial charge >= 0.3 is 5.97 Å². The smallest absolute Gasteiger partial charge is 0.329 e. The van der Waals surface area contributed by atoms with Crippen molar-refractivity contribution in [3.63, 3.8) is 0 Å². The van der Waals surface area contributed by atoms with Gasteiger partial charge in [0.2, 0.25) is 5.91 Å². The van der Waals surface area contributed by atoms with E-state index in [1.807, 2.05) is 0 Å². The highest BCUT2D eigenvalue weighted by molar-refractivity contribution is 6.26. The van der Waals surface area contributed by atoms with E-state index < -0.39 is 36.4 Å². The first-order chi connectivity index (χ1) is 9.46. The fraction of sp³-hybridized carbons (Fsp3) is 0.583. The number of carbonyl (C=O) groups is 3. The quantitative estimate of drug-likeness (QED) is 0.436. The summed E-state index contributed by atoms with van der Waals surface area (Å²) in [6, 6.07) is 0.575. The van der Waals surface area contributed by atoms with E-state index in [2.05, 4.69) is 10.1 Å². The Morgan fingerprint density at radius 3 is 2.60 bits per heavy atom. The summed E-state index contributed by atoms with van der Waals surface area (Å²) in [4.78, 5) is 34.3. The van der Waals surface area contributed by atoms with E-state index in [0.717, 1.165) is 0 Å². The standard InChI is InChI=1S/C12H17N3O5/c1-8(19-2)11(17)15-10(4-3-9(16)7-14)12(18)20-6-5-13/h7-8,10,14H,3-4,6H2,1-2H3,(H,15,17)/t8-,10-/m0/s1. The molecule has 0 unspecified atom stereocenters. The number of carbonyl (C=O) groups excluding carboxylic acids is 3. The first-order valence-electron chi connectivity index (χ1n) is 5.86. The molecule has 0 aliphatic rings. The van der Waals surface area contributed by atoms with E-state index in [1.54, 1.807) is 6.07 Å². The lowest BCUT2D eigenvalue weighted by molar-refractivity contribution is -0.148. The maximum Gasteiger partial charge on any atom is 0.329 e. The Balaban J connectivity index is 4.65. The highest BCUT2D eigenvalue weighted by Crippen LogP contribution is 2.02. The van der Waals surface area contributed by atoms with E-state index in [9.17, 15) is 14.4 Å². The van der Waals surface area contributed by atoms with Crippen LogP contribution in [-0.2, 0) is 23.9 Å². The second kappa shape index (κ2) is 9.63. The fourth-order valence-electron chi connectivity index (χ4n) is 1.21. The van der Waals surface area contributed by atoms with Crippen molar-refractivity contribution in [1.29, 1.82) is 10.7 Å². The van der Waals surface area contributed by atoms with E-state index in [1.165, 1.54) is 14.0 Å². The maximum absolute atomic E-state index is 11.7. The molecule has 0 fully saturated rings. The van der Waals surface area contributed by atoms with E-state index in [-0.39, 0.29) is 12.8 Å². The molecule has 0 spiro atoms. The minimum atomic E-state index is -1.06. The second-order valence-electron chi connectivity index (χ2n) is 3.85. The van der Waals surface area contributed by atoms with Gasteiger partial charge in [-0.15, -0.1) is 0 Å². The molecule has 110 valence electrons. The first-order valence-corrected chi connectivity index (χ1v) is 5.86. The van der Waals surface area contributed by atoms with Crippen molar-refractivity contribution >= 4 is 23.9 Å². The van der Waals surface area contributed by atoms with Crippen LogP contribution in [0.15, 0.2) is 0 Å². The number of esters is 1. The van der Waals surface area contributed by atoms with Crippen molar-refractivity contribution in [2.75, 3.05) is 13.7 Å². The van der Waals surface area contributed by atoms with Gasteiger partial charge in [0.05, 0.1) is 6.21 Å². The number of hydrogen-bond acceptors (Lipinski definition) is 7. The minimum Gasteiger partial charge on any atom is -0.449 e. The van der Waals surface area contributed by atoms with Crippen LogP contribution in [0.2, 0.25) is 0 Å². The Labute approximate surface area is 116 Å². The largest absolute Gasteiger partial charge is 0.449 e. The number of rotatable bonds is 9. The third-order valence-electron chi connectivity index (χ3n) is 2.44. The second-order valence-corrected chi connectivity index (χ2v) is 3.85. The number of ketones is 1. The Kier molecular flexibility index (Phi) is 8.54. The van der Waals surface area contributed by atoms with Crippen LogP contribution in [0.25, 0.3) is 0 Å². The average molecular weight is 283 g/mol. The summed E-state index contributed by atoms with van der Waals surface area (Å²) in [5.41, 5.74) is 0. The lowest BCUT2D eigenvalue weighted by atomic mass is 10.1. The molecule has 0 rings (SSSR count). The van der Waals surface area contributed by atoms with Gasteiger partial charge in [0.15, 0.2) is 12.4 Å². The molecule has 0 aromatic rings. The predicted octanol–water partition coefficient (Wildman–Crippen LogP) is -0.428. The monoisotopic (exact) mass is 283 g/mol. The van der Waals surface area contributed by atoms with Crippen LogP contribution in [0, 0.1) is 16.7 Å². The number of nitrogens with one attached hydrogen (secondary N) is 2. The number of Topliss-reactive ketones (excluding diaryl/α,β-unsaturated/α-hetero) is 1. The Morgan fingerprint density at radius 1 is 1.45 bits per heavy atom. The Hall–Kier alpha value is -2.27. The van der Waals surface area contributed by atoms with Gasteiger partial charge in [0.25, 0.3) is 0 Å². The van der Waals surface area contributed by atoms with E-state index in [4.69, 9.17) is 15.4 Å². The third kappa shape index (κ3) is 6.61.